The summed E-state index contributed by atoms with van der Waals surface area (Å²) in [5.74, 6) is -0.643. The van der Waals surface area contributed by atoms with Crippen molar-refractivity contribution in [2.75, 3.05) is 0 Å². The van der Waals surface area contributed by atoms with Crippen LogP contribution in [-0.2, 0) is 10.0 Å². The second-order valence-corrected chi connectivity index (χ2v) is 6.49. The standard InChI is InChI=1S/C11H14ClFN2O2S/c12-8-5-4-7(13)6-11(8)18(16,17)15-10-3-1-2-9(10)14/h4-6,9-10,15H,1-3,14H2. The van der Waals surface area contributed by atoms with Crippen LogP contribution in [0.1, 0.15) is 19.3 Å². The fourth-order valence-corrected chi connectivity index (χ4v) is 3.91. The number of hydrogen-bond acceptors (Lipinski definition) is 3. The Kier molecular flexibility index (Phi) is 3.91. The highest BCUT2D eigenvalue weighted by Gasteiger charge is 2.29. The summed E-state index contributed by atoms with van der Waals surface area (Å²) in [4.78, 5) is -0.247. The van der Waals surface area contributed by atoms with Crippen molar-refractivity contribution in [1.29, 1.82) is 0 Å². The molecule has 0 aromatic heterocycles. The molecular weight excluding hydrogens is 279 g/mol. The number of nitrogens with two attached hydrogens (primary N) is 1. The van der Waals surface area contributed by atoms with Crippen LogP contribution in [0.5, 0.6) is 0 Å². The number of sulfonamides is 1. The summed E-state index contributed by atoms with van der Waals surface area (Å²) >= 11 is 5.79. The van der Waals surface area contributed by atoms with E-state index >= 15 is 0 Å². The molecule has 0 amide bonds. The van der Waals surface area contributed by atoms with Crippen LogP contribution < -0.4 is 10.5 Å². The molecule has 18 heavy (non-hydrogen) atoms. The van der Waals surface area contributed by atoms with E-state index < -0.39 is 15.8 Å². The van der Waals surface area contributed by atoms with Crippen LogP contribution in [0, 0.1) is 5.82 Å². The molecule has 0 radical (unpaired) electrons. The summed E-state index contributed by atoms with van der Waals surface area (Å²) in [5, 5.41) is -0.00420. The van der Waals surface area contributed by atoms with Crippen molar-refractivity contribution in [3.63, 3.8) is 0 Å². The average Bonchev–Trinajstić information content (AvgIpc) is 2.67. The van der Waals surface area contributed by atoms with Gasteiger partial charge in [-0.15, -0.1) is 0 Å². The minimum Gasteiger partial charge on any atom is -0.326 e. The van der Waals surface area contributed by atoms with E-state index in [0.29, 0.717) is 6.42 Å². The molecule has 1 aliphatic carbocycles. The minimum absolute atomic E-state index is 0.00420. The Morgan fingerprint density at radius 2 is 2.11 bits per heavy atom. The van der Waals surface area contributed by atoms with Gasteiger partial charge >= 0.3 is 0 Å². The molecule has 1 saturated carbocycles. The van der Waals surface area contributed by atoms with E-state index in [0.717, 1.165) is 25.0 Å². The van der Waals surface area contributed by atoms with Crippen molar-refractivity contribution < 1.29 is 12.8 Å². The Bertz CT molecular complexity index is 550. The molecule has 1 aliphatic rings. The van der Waals surface area contributed by atoms with Crippen molar-refractivity contribution >= 4 is 21.6 Å². The van der Waals surface area contributed by atoms with Gasteiger partial charge in [0.15, 0.2) is 0 Å². The Hall–Kier alpha value is -0.690. The molecule has 0 bridgehead atoms. The molecule has 0 saturated heterocycles. The topological polar surface area (TPSA) is 72.2 Å². The molecule has 100 valence electrons. The van der Waals surface area contributed by atoms with Gasteiger partial charge in [0.25, 0.3) is 0 Å². The molecule has 0 aliphatic heterocycles. The maximum Gasteiger partial charge on any atom is 0.242 e. The van der Waals surface area contributed by atoms with Gasteiger partial charge in [-0.1, -0.05) is 18.0 Å². The highest BCUT2D eigenvalue weighted by Crippen LogP contribution is 2.24. The third-order valence-electron chi connectivity index (χ3n) is 3.06. The maximum atomic E-state index is 13.1. The van der Waals surface area contributed by atoms with Gasteiger partial charge in [-0.2, -0.15) is 0 Å². The third kappa shape index (κ3) is 2.83. The van der Waals surface area contributed by atoms with E-state index in [1.807, 2.05) is 0 Å². The van der Waals surface area contributed by atoms with E-state index in [1.54, 1.807) is 0 Å². The number of halogens is 2. The molecule has 3 N–H and O–H groups in total. The molecular formula is C11H14ClFN2O2S. The molecule has 2 rings (SSSR count). The first-order valence-corrected chi connectivity index (χ1v) is 7.49. The van der Waals surface area contributed by atoms with Crippen LogP contribution in [0.2, 0.25) is 5.02 Å². The Labute approximate surface area is 110 Å². The number of benzene rings is 1. The first kappa shape index (κ1) is 13.7. The number of nitrogens with one attached hydrogen (secondary N) is 1. The van der Waals surface area contributed by atoms with Gasteiger partial charge < -0.3 is 5.73 Å². The SMILES string of the molecule is NC1CCCC1NS(=O)(=O)c1cc(F)ccc1Cl. The van der Waals surface area contributed by atoms with Crippen molar-refractivity contribution in [2.24, 2.45) is 5.73 Å². The van der Waals surface area contributed by atoms with Crippen molar-refractivity contribution in [3.05, 3.63) is 29.0 Å². The van der Waals surface area contributed by atoms with E-state index in [-0.39, 0.29) is 22.0 Å². The van der Waals surface area contributed by atoms with Crippen LogP contribution >= 0.6 is 11.6 Å². The van der Waals surface area contributed by atoms with Crippen molar-refractivity contribution in [3.8, 4) is 0 Å². The fourth-order valence-electron chi connectivity index (χ4n) is 2.08. The first-order valence-electron chi connectivity index (χ1n) is 5.63. The molecule has 1 fully saturated rings. The van der Waals surface area contributed by atoms with Crippen molar-refractivity contribution in [1.82, 2.24) is 4.72 Å². The summed E-state index contributed by atoms with van der Waals surface area (Å²) in [6, 6.07) is 2.73. The van der Waals surface area contributed by atoms with Crippen LogP contribution in [-0.4, -0.2) is 20.5 Å². The summed E-state index contributed by atoms with van der Waals surface area (Å²) in [7, 11) is -3.83. The molecule has 1 aromatic rings. The molecule has 2 atom stereocenters. The predicted octanol–water partition coefficient (Wildman–Crippen LogP) is 1.64. The number of hydrogen-bond donors (Lipinski definition) is 2. The fraction of sp³-hybridized carbons (Fsp3) is 0.455. The summed E-state index contributed by atoms with van der Waals surface area (Å²) in [5.41, 5.74) is 5.80. The summed E-state index contributed by atoms with van der Waals surface area (Å²) in [6.45, 7) is 0. The zero-order valence-electron chi connectivity index (χ0n) is 9.57. The smallest absolute Gasteiger partial charge is 0.242 e. The van der Waals surface area contributed by atoms with E-state index in [9.17, 15) is 12.8 Å². The zero-order valence-corrected chi connectivity index (χ0v) is 11.1. The summed E-state index contributed by atoms with van der Waals surface area (Å²) in [6.07, 6.45) is 2.35. The summed E-state index contributed by atoms with van der Waals surface area (Å²) < 4.78 is 39.8. The van der Waals surface area contributed by atoms with Crippen LogP contribution in [0.3, 0.4) is 0 Å². The predicted molar refractivity (Wildman–Crippen MR) is 67.3 cm³/mol. The van der Waals surface area contributed by atoms with Crippen LogP contribution in [0.25, 0.3) is 0 Å². The molecule has 7 heteroatoms. The van der Waals surface area contributed by atoms with E-state index in [2.05, 4.69) is 4.72 Å². The monoisotopic (exact) mass is 292 g/mol. The Morgan fingerprint density at radius 3 is 2.72 bits per heavy atom. The quantitative estimate of drug-likeness (QED) is 0.889. The van der Waals surface area contributed by atoms with Gasteiger partial charge in [0.2, 0.25) is 10.0 Å². The van der Waals surface area contributed by atoms with Gasteiger partial charge in [-0.3, -0.25) is 0 Å². The first-order chi connectivity index (χ1) is 8.40. The van der Waals surface area contributed by atoms with Gasteiger partial charge in [0, 0.05) is 12.1 Å². The maximum absolute atomic E-state index is 13.1. The lowest BCUT2D eigenvalue weighted by Crippen LogP contribution is -2.43. The Balaban J connectivity index is 2.28. The molecule has 1 aromatic carbocycles. The molecule has 0 heterocycles. The highest BCUT2D eigenvalue weighted by molar-refractivity contribution is 7.89. The van der Waals surface area contributed by atoms with Gasteiger partial charge in [-0.05, 0) is 31.0 Å². The van der Waals surface area contributed by atoms with E-state index in [4.69, 9.17) is 17.3 Å². The Morgan fingerprint density at radius 1 is 1.39 bits per heavy atom. The molecule has 2 unspecified atom stereocenters. The normalized spacial score (nSPS) is 24.4. The van der Waals surface area contributed by atoms with E-state index in [1.165, 1.54) is 6.07 Å². The van der Waals surface area contributed by atoms with Gasteiger partial charge in [-0.25, -0.2) is 17.5 Å². The average molecular weight is 293 g/mol. The third-order valence-corrected chi connectivity index (χ3v) is 5.03. The zero-order chi connectivity index (χ0) is 13.3. The minimum atomic E-state index is -3.83. The second kappa shape index (κ2) is 5.13. The van der Waals surface area contributed by atoms with Crippen molar-refractivity contribution in [2.45, 2.75) is 36.2 Å². The number of rotatable bonds is 3. The highest BCUT2D eigenvalue weighted by atomic mass is 35.5. The lowest BCUT2D eigenvalue weighted by atomic mass is 10.2. The lowest BCUT2D eigenvalue weighted by molar-refractivity contribution is 0.521. The largest absolute Gasteiger partial charge is 0.326 e. The van der Waals surface area contributed by atoms with Crippen LogP contribution in [0.4, 0.5) is 4.39 Å². The molecule has 0 spiro atoms. The lowest BCUT2D eigenvalue weighted by Gasteiger charge is -2.17. The van der Waals surface area contributed by atoms with Gasteiger partial charge in [0.1, 0.15) is 10.7 Å². The van der Waals surface area contributed by atoms with Crippen LogP contribution in [0.15, 0.2) is 23.1 Å². The molecule has 4 nitrogen and oxygen atoms in total. The van der Waals surface area contributed by atoms with Gasteiger partial charge in [0.05, 0.1) is 5.02 Å². The second-order valence-electron chi connectivity index (χ2n) is 4.40.